The average molecular weight is 281 g/mol. The molecule has 1 aromatic rings. The number of imide groups is 1. The first-order valence-corrected chi connectivity index (χ1v) is 7.49. The van der Waals surface area contributed by atoms with Gasteiger partial charge in [0.15, 0.2) is 0 Å². The number of aromatic hydroxyl groups is 1. The summed E-state index contributed by atoms with van der Waals surface area (Å²) in [6.45, 7) is 0. The van der Waals surface area contributed by atoms with Crippen molar-refractivity contribution in [2.75, 3.05) is 5.75 Å². The topological polar surface area (TPSA) is 66.4 Å². The van der Waals surface area contributed by atoms with E-state index in [0.29, 0.717) is 0 Å². The van der Waals surface area contributed by atoms with Gasteiger partial charge in [0.25, 0.3) is 5.24 Å². The number of thioether (sulfide) groups is 2. The molecule has 0 aromatic heterocycles. The SMILES string of the molecule is O=C1NC(=O)C(C2CCSc3cc(O)ccc32)S1. The lowest BCUT2D eigenvalue weighted by Crippen LogP contribution is -2.30. The van der Waals surface area contributed by atoms with Crippen molar-refractivity contribution in [3.8, 4) is 5.75 Å². The molecule has 1 saturated heterocycles. The van der Waals surface area contributed by atoms with Crippen LogP contribution in [0.15, 0.2) is 23.1 Å². The van der Waals surface area contributed by atoms with E-state index in [0.717, 1.165) is 34.4 Å². The number of carbonyl (C=O) groups is 2. The molecule has 0 saturated carbocycles. The van der Waals surface area contributed by atoms with Gasteiger partial charge in [-0.05, 0) is 29.9 Å². The Morgan fingerprint density at radius 1 is 1.33 bits per heavy atom. The molecule has 2 atom stereocenters. The normalized spacial score (nSPS) is 26.9. The van der Waals surface area contributed by atoms with Gasteiger partial charge in [0.2, 0.25) is 5.91 Å². The summed E-state index contributed by atoms with van der Waals surface area (Å²) in [7, 11) is 0. The maximum absolute atomic E-state index is 11.8. The predicted octanol–water partition coefficient (Wildman–Crippen LogP) is 2.32. The van der Waals surface area contributed by atoms with E-state index in [2.05, 4.69) is 5.32 Å². The van der Waals surface area contributed by atoms with Gasteiger partial charge in [-0.1, -0.05) is 17.8 Å². The molecular formula is C12H11NO3S2. The molecule has 0 bridgehead atoms. The molecule has 2 unspecified atom stereocenters. The highest BCUT2D eigenvalue weighted by molar-refractivity contribution is 8.15. The van der Waals surface area contributed by atoms with Crippen LogP contribution in [-0.4, -0.2) is 27.3 Å². The van der Waals surface area contributed by atoms with Gasteiger partial charge in [0.1, 0.15) is 11.0 Å². The van der Waals surface area contributed by atoms with Crippen LogP contribution >= 0.6 is 23.5 Å². The minimum absolute atomic E-state index is 0.0540. The number of hydrogen-bond acceptors (Lipinski definition) is 5. The van der Waals surface area contributed by atoms with Crippen LogP contribution in [0.1, 0.15) is 17.9 Å². The van der Waals surface area contributed by atoms with Crippen molar-refractivity contribution in [1.29, 1.82) is 0 Å². The minimum Gasteiger partial charge on any atom is -0.508 e. The quantitative estimate of drug-likeness (QED) is 0.827. The summed E-state index contributed by atoms with van der Waals surface area (Å²) in [5.74, 6) is 1.00. The number of rotatable bonds is 1. The Labute approximate surface area is 113 Å². The second kappa shape index (κ2) is 4.51. The Morgan fingerprint density at radius 3 is 2.89 bits per heavy atom. The summed E-state index contributed by atoms with van der Waals surface area (Å²) in [5.41, 5.74) is 1.06. The van der Waals surface area contributed by atoms with Crippen molar-refractivity contribution in [1.82, 2.24) is 5.32 Å². The van der Waals surface area contributed by atoms with Gasteiger partial charge in [-0.3, -0.25) is 14.9 Å². The molecule has 2 heterocycles. The van der Waals surface area contributed by atoms with Crippen LogP contribution in [0.2, 0.25) is 0 Å². The highest BCUT2D eigenvalue weighted by Gasteiger charge is 2.40. The van der Waals surface area contributed by atoms with E-state index in [1.165, 1.54) is 0 Å². The molecule has 18 heavy (non-hydrogen) atoms. The molecule has 3 rings (SSSR count). The summed E-state index contributed by atoms with van der Waals surface area (Å²) in [4.78, 5) is 24.0. The second-order valence-corrected chi connectivity index (χ2v) is 6.53. The zero-order valence-corrected chi connectivity index (χ0v) is 11.0. The molecule has 0 aliphatic carbocycles. The highest BCUT2D eigenvalue weighted by atomic mass is 32.2. The molecule has 2 aliphatic heterocycles. The fraction of sp³-hybridized carbons (Fsp3) is 0.333. The summed E-state index contributed by atoms with van der Waals surface area (Å²) in [6, 6.07) is 5.22. The Morgan fingerprint density at radius 2 is 2.17 bits per heavy atom. The van der Waals surface area contributed by atoms with Crippen molar-refractivity contribution in [2.24, 2.45) is 0 Å². The number of benzene rings is 1. The zero-order chi connectivity index (χ0) is 12.7. The van der Waals surface area contributed by atoms with E-state index in [9.17, 15) is 14.7 Å². The number of fused-ring (bicyclic) bond motifs is 1. The number of phenols is 1. The van der Waals surface area contributed by atoms with Gasteiger partial charge >= 0.3 is 0 Å². The van der Waals surface area contributed by atoms with Crippen LogP contribution in [0.3, 0.4) is 0 Å². The summed E-state index contributed by atoms with van der Waals surface area (Å²) in [6.07, 6.45) is 0.876. The van der Waals surface area contributed by atoms with E-state index in [1.807, 2.05) is 6.07 Å². The maximum atomic E-state index is 11.8. The maximum Gasteiger partial charge on any atom is 0.286 e. The third-order valence-electron chi connectivity index (χ3n) is 3.17. The predicted molar refractivity (Wildman–Crippen MR) is 71.1 cm³/mol. The Kier molecular flexibility index (Phi) is 2.99. The fourth-order valence-corrected chi connectivity index (χ4v) is 4.54. The number of phenolic OH excluding ortho intramolecular Hbond substituents is 1. The highest BCUT2D eigenvalue weighted by Crippen LogP contribution is 2.44. The molecule has 2 N–H and O–H groups in total. The van der Waals surface area contributed by atoms with Crippen LogP contribution < -0.4 is 5.32 Å². The Bertz CT molecular complexity index is 532. The van der Waals surface area contributed by atoms with Gasteiger partial charge in [0, 0.05) is 10.8 Å². The molecule has 6 heteroatoms. The Hall–Kier alpha value is -1.14. The number of hydrogen-bond donors (Lipinski definition) is 2. The summed E-state index contributed by atoms with van der Waals surface area (Å²) < 4.78 is 0. The van der Waals surface area contributed by atoms with Crippen LogP contribution in [0.25, 0.3) is 0 Å². The van der Waals surface area contributed by atoms with Crippen molar-refractivity contribution in [2.45, 2.75) is 22.5 Å². The van der Waals surface area contributed by atoms with E-state index >= 15 is 0 Å². The lowest BCUT2D eigenvalue weighted by Gasteiger charge is -2.27. The van der Waals surface area contributed by atoms with Crippen LogP contribution in [-0.2, 0) is 4.79 Å². The van der Waals surface area contributed by atoms with Crippen LogP contribution in [0, 0.1) is 0 Å². The number of carbonyl (C=O) groups excluding carboxylic acids is 2. The smallest absolute Gasteiger partial charge is 0.286 e. The number of nitrogens with one attached hydrogen (secondary N) is 1. The second-order valence-electron chi connectivity index (χ2n) is 4.28. The lowest BCUT2D eigenvalue weighted by atomic mass is 9.91. The first-order valence-electron chi connectivity index (χ1n) is 5.62. The first kappa shape index (κ1) is 11.9. The molecular weight excluding hydrogens is 270 g/mol. The third kappa shape index (κ3) is 1.99. The van der Waals surface area contributed by atoms with Gasteiger partial charge in [-0.2, -0.15) is 0 Å². The fourth-order valence-electron chi connectivity index (χ4n) is 2.36. The third-order valence-corrected chi connectivity index (χ3v) is 5.38. The van der Waals surface area contributed by atoms with E-state index in [1.54, 1.807) is 23.9 Å². The molecule has 1 aromatic carbocycles. The van der Waals surface area contributed by atoms with Crippen molar-refractivity contribution >= 4 is 34.7 Å². The van der Waals surface area contributed by atoms with Gasteiger partial charge in [-0.15, -0.1) is 11.8 Å². The molecule has 0 radical (unpaired) electrons. The minimum atomic E-state index is -0.332. The van der Waals surface area contributed by atoms with Crippen molar-refractivity contribution in [3.63, 3.8) is 0 Å². The van der Waals surface area contributed by atoms with E-state index < -0.39 is 0 Å². The largest absolute Gasteiger partial charge is 0.508 e. The Balaban J connectivity index is 1.96. The standard InChI is InChI=1S/C12H11NO3S2/c14-6-1-2-7-8(3-4-17-9(7)5-6)10-11(15)13-12(16)18-10/h1-2,5,8,10,14H,3-4H2,(H,13,15,16). The molecule has 0 spiro atoms. The zero-order valence-electron chi connectivity index (χ0n) is 9.38. The van der Waals surface area contributed by atoms with Crippen LogP contribution in [0.4, 0.5) is 4.79 Å². The van der Waals surface area contributed by atoms with Crippen molar-refractivity contribution in [3.05, 3.63) is 23.8 Å². The van der Waals surface area contributed by atoms with Gasteiger partial charge in [0.05, 0.1) is 0 Å². The average Bonchev–Trinajstić information content (AvgIpc) is 2.67. The van der Waals surface area contributed by atoms with E-state index in [4.69, 9.17) is 0 Å². The van der Waals surface area contributed by atoms with Crippen molar-refractivity contribution < 1.29 is 14.7 Å². The first-order chi connectivity index (χ1) is 8.65. The molecule has 2 amide bonds. The lowest BCUT2D eigenvalue weighted by molar-refractivity contribution is -0.119. The molecule has 4 nitrogen and oxygen atoms in total. The van der Waals surface area contributed by atoms with E-state index in [-0.39, 0.29) is 28.1 Å². The molecule has 1 fully saturated rings. The number of amides is 2. The van der Waals surface area contributed by atoms with Gasteiger partial charge < -0.3 is 5.11 Å². The molecule has 2 aliphatic rings. The van der Waals surface area contributed by atoms with Gasteiger partial charge in [-0.25, -0.2) is 0 Å². The van der Waals surface area contributed by atoms with Crippen LogP contribution in [0.5, 0.6) is 5.75 Å². The summed E-state index contributed by atoms with van der Waals surface area (Å²) in [5, 5.41) is 11.2. The monoisotopic (exact) mass is 281 g/mol. The summed E-state index contributed by atoms with van der Waals surface area (Å²) >= 11 is 2.76. The molecule has 94 valence electrons.